The third-order valence-corrected chi connectivity index (χ3v) is 5.43. The SMILES string of the molecule is O=C(c1cnn(-c2ccc(Cl)cc2)c1)N1CCCC1C1CCC1. The molecule has 1 aromatic carbocycles. The standard InChI is InChI=1S/C18H20ClN3O/c19-15-6-8-16(9-7-15)22-12-14(11-20-22)18(23)21-10-2-5-17(21)13-3-1-4-13/h6-9,11-13,17H,1-5,10H2. The topological polar surface area (TPSA) is 38.1 Å². The number of carbonyl (C=O) groups excluding carboxylic acids is 1. The molecular formula is C18H20ClN3O. The van der Waals surface area contributed by atoms with Crippen LogP contribution in [0.15, 0.2) is 36.7 Å². The minimum absolute atomic E-state index is 0.125. The second-order valence-corrected chi connectivity index (χ2v) is 6.99. The van der Waals surface area contributed by atoms with Gasteiger partial charge >= 0.3 is 0 Å². The molecule has 1 amide bonds. The van der Waals surface area contributed by atoms with Crippen molar-refractivity contribution in [2.45, 2.75) is 38.1 Å². The predicted octanol–water partition coefficient (Wildman–Crippen LogP) is 3.93. The second-order valence-electron chi connectivity index (χ2n) is 6.55. The predicted molar refractivity (Wildman–Crippen MR) is 90.0 cm³/mol. The summed E-state index contributed by atoms with van der Waals surface area (Å²) in [6.45, 7) is 0.881. The van der Waals surface area contributed by atoms with Crippen molar-refractivity contribution in [3.05, 3.63) is 47.2 Å². The van der Waals surface area contributed by atoms with Crippen LogP contribution in [0.5, 0.6) is 0 Å². The number of halogens is 1. The lowest BCUT2D eigenvalue weighted by Crippen LogP contribution is -2.42. The van der Waals surface area contributed by atoms with Crippen LogP contribution in [-0.4, -0.2) is 33.2 Å². The number of benzene rings is 1. The highest BCUT2D eigenvalue weighted by molar-refractivity contribution is 6.30. The van der Waals surface area contributed by atoms with Gasteiger partial charge in [-0.15, -0.1) is 0 Å². The van der Waals surface area contributed by atoms with Gasteiger partial charge in [-0.3, -0.25) is 4.79 Å². The molecule has 1 aliphatic heterocycles. The van der Waals surface area contributed by atoms with Crippen molar-refractivity contribution in [1.29, 1.82) is 0 Å². The number of hydrogen-bond donors (Lipinski definition) is 0. The molecule has 2 fully saturated rings. The molecule has 2 aliphatic rings. The Morgan fingerprint density at radius 2 is 1.91 bits per heavy atom. The van der Waals surface area contributed by atoms with E-state index in [1.165, 1.54) is 19.3 Å². The van der Waals surface area contributed by atoms with Crippen molar-refractivity contribution >= 4 is 17.5 Å². The van der Waals surface area contributed by atoms with E-state index in [1.54, 1.807) is 10.9 Å². The Hall–Kier alpha value is -1.81. The summed E-state index contributed by atoms with van der Waals surface area (Å²) in [5.41, 5.74) is 1.58. The molecule has 5 heteroatoms. The average Bonchev–Trinajstić information content (AvgIpc) is 3.15. The van der Waals surface area contributed by atoms with Gasteiger partial charge in [0.15, 0.2) is 0 Å². The van der Waals surface area contributed by atoms with Gasteiger partial charge < -0.3 is 4.90 Å². The molecule has 4 rings (SSSR count). The summed E-state index contributed by atoms with van der Waals surface area (Å²) < 4.78 is 1.73. The number of amides is 1. The van der Waals surface area contributed by atoms with E-state index in [0.717, 1.165) is 25.1 Å². The molecule has 1 unspecified atom stereocenters. The van der Waals surface area contributed by atoms with E-state index >= 15 is 0 Å². The molecular weight excluding hydrogens is 310 g/mol. The van der Waals surface area contributed by atoms with Crippen LogP contribution in [-0.2, 0) is 0 Å². The summed E-state index contributed by atoms with van der Waals surface area (Å²) in [7, 11) is 0. The maximum absolute atomic E-state index is 12.9. The number of carbonyl (C=O) groups is 1. The van der Waals surface area contributed by atoms with Crippen LogP contribution in [0.2, 0.25) is 5.02 Å². The van der Waals surface area contributed by atoms with E-state index in [0.29, 0.717) is 22.5 Å². The number of nitrogens with zero attached hydrogens (tertiary/aromatic N) is 3. The largest absolute Gasteiger partial charge is 0.335 e. The Balaban J connectivity index is 1.53. The van der Waals surface area contributed by atoms with E-state index in [2.05, 4.69) is 10.00 Å². The lowest BCUT2D eigenvalue weighted by Gasteiger charge is -2.36. The van der Waals surface area contributed by atoms with Gasteiger partial charge in [-0.05, 0) is 55.9 Å². The van der Waals surface area contributed by atoms with E-state index in [9.17, 15) is 4.79 Å². The molecule has 120 valence electrons. The molecule has 2 heterocycles. The van der Waals surface area contributed by atoms with E-state index in [4.69, 9.17) is 11.6 Å². The average molecular weight is 330 g/mol. The molecule has 1 atom stereocenters. The Morgan fingerprint density at radius 1 is 1.13 bits per heavy atom. The summed E-state index contributed by atoms with van der Waals surface area (Å²) in [6.07, 6.45) is 9.64. The van der Waals surface area contributed by atoms with Crippen LogP contribution in [0.3, 0.4) is 0 Å². The molecule has 0 bridgehead atoms. The van der Waals surface area contributed by atoms with Crippen molar-refractivity contribution in [3.8, 4) is 5.69 Å². The normalized spacial score (nSPS) is 21.4. The molecule has 0 radical (unpaired) electrons. The number of aromatic nitrogens is 2. The van der Waals surface area contributed by atoms with Crippen LogP contribution < -0.4 is 0 Å². The molecule has 23 heavy (non-hydrogen) atoms. The monoisotopic (exact) mass is 329 g/mol. The highest BCUT2D eigenvalue weighted by Gasteiger charge is 2.37. The smallest absolute Gasteiger partial charge is 0.257 e. The second kappa shape index (κ2) is 6.00. The van der Waals surface area contributed by atoms with Gasteiger partial charge in [0.2, 0.25) is 0 Å². The molecule has 1 saturated carbocycles. The molecule has 1 aliphatic carbocycles. The van der Waals surface area contributed by atoms with Gasteiger partial charge in [0, 0.05) is 23.8 Å². The van der Waals surface area contributed by atoms with Crippen molar-refractivity contribution in [1.82, 2.24) is 14.7 Å². The minimum atomic E-state index is 0.125. The van der Waals surface area contributed by atoms with Gasteiger partial charge in [-0.1, -0.05) is 18.0 Å². The highest BCUT2D eigenvalue weighted by atomic mass is 35.5. The van der Waals surface area contributed by atoms with E-state index < -0.39 is 0 Å². The zero-order valence-corrected chi connectivity index (χ0v) is 13.7. The number of rotatable bonds is 3. The number of hydrogen-bond acceptors (Lipinski definition) is 2. The lowest BCUT2D eigenvalue weighted by molar-refractivity contribution is 0.0626. The summed E-state index contributed by atoms with van der Waals surface area (Å²) in [5, 5.41) is 5.03. The Morgan fingerprint density at radius 3 is 2.61 bits per heavy atom. The maximum Gasteiger partial charge on any atom is 0.257 e. The third kappa shape index (κ3) is 2.76. The number of likely N-dealkylation sites (tertiary alicyclic amines) is 1. The summed E-state index contributed by atoms with van der Waals surface area (Å²) in [5.74, 6) is 0.840. The summed E-state index contributed by atoms with van der Waals surface area (Å²) >= 11 is 5.92. The third-order valence-electron chi connectivity index (χ3n) is 5.17. The molecule has 4 nitrogen and oxygen atoms in total. The van der Waals surface area contributed by atoms with Crippen LogP contribution in [0.1, 0.15) is 42.5 Å². The first kappa shape index (κ1) is 14.8. The van der Waals surface area contributed by atoms with E-state index in [-0.39, 0.29) is 5.91 Å². The molecule has 1 saturated heterocycles. The van der Waals surface area contributed by atoms with Crippen LogP contribution in [0.25, 0.3) is 5.69 Å². The molecule has 0 spiro atoms. The molecule has 2 aromatic rings. The van der Waals surface area contributed by atoms with Crippen LogP contribution in [0, 0.1) is 5.92 Å². The quantitative estimate of drug-likeness (QED) is 0.855. The first-order chi connectivity index (χ1) is 11.2. The van der Waals surface area contributed by atoms with Gasteiger partial charge in [0.05, 0.1) is 17.4 Å². The highest BCUT2D eigenvalue weighted by Crippen LogP contribution is 2.37. The van der Waals surface area contributed by atoms with Crippen LogP contribution >= 0.6 is 11.6 Å². The summed E-state index contributed by atoms with van der Waals surface area (Å²) in [4.78, 5) is 14.9. The van der Waals surface area contributed by atoms with Gasteiger partial charge in [0.25, 0.3) is 5.91 Å². The minimum Gasteiger partial charge on any atom is -0.335 e. The van der Waals surface area contributed by atoms with Crippen molar-refractivity contribution in [3.63, 3.8) is 0 Å². The summed E-state index contributed by atoms with van der Waals surface area (Å²) in [6, 6.07) is 7.89. The molecule has 0 N–H and O–H groups in total. The van der Waals surface area contributed by atoms with Gasteiger partial charge in [-0.2, -0.15) is 5.10 Å². The van der Waals surface area contributed by atoms with Crippen molar-refractivity contribution in [2.24, 2.45) is 5.92 Å². The van der Waals surface area contributed by atoms with Crippen molar-refractivity contribution < 1.29 is 4.79 Å². The Labute approximate surface area is 141 Å². The van der Waals surface area contributed by atoms with Gasteiger partial charge in [-0.25, -0.2) is 4.68 Å². The first-order valence-corrected chi connectivity index (χ1v) is 8.72. The molecule has 1 aromatic heterocycles. The Bertz CT molecular complexity index is 705. The van der Waals surface area contributed by atoms with E-state index in [1.807, 2.05) is 30.5 Å². The van der Waals surface area contributed by atoms with Gasteiger partial charge in [0.1, 0.15) is 0 Å². The fourth-order valence-corrected chi connectivity index (χ4v) is 3.82. The van der Waals surface area contributed by atoms with Crippen LogP contribution in [0.4, 0.5) is 0 Å². The fraction of sp³-hybridized carbons (Fsp3) is 0.444. The maximum atomic E-state index is 12.9. The zero-order chi connectivity index (χ0) is 15.8. The Kier molecular flexibility index (Phi) is 3.85. The lowest BCUT2D eigenvalue weighted by atomic mass is 9.79. The first-order valence-electron chi connectivity index (χ1n) is 8.34. The van der Waals surface area contributed by atoms with Crippen molar-refractivity contribution in [2.75, 3.05) is 6.54 Å². The zero-order valence-electron chi connectivity index (χ0n) is 13.0. The fourth-order valence-electron chi connectivity index (χ4n) is 3.69.